The summed E-state index contributed by atoms with van der Waals surface area (Å²) in [6, 6.07) is 9.71. The molecule has 5 heteroatoms. The maximum absolute atomic E-state index is 10.9. The molecule has 0 bridgehead atoms. The van der Waals surface area contributed by atoms with E-state index >= 15 is 0 Å². The van der Waals surface area contributed by atoms with Crippen LogP contribution in [0, 0.1) is 0 Å². The Morgan fingerprint density at radius 3 is 2.80 bits per heavy atom. The van der Waals surface area contributed by atoms with Crippen LogP contribution in [0.2, 0.25) is 0 Å². The van der Waals surface area contributed by atoms with Crippen molar-refractivity contribution in [1.82, 2.24) is 15.1 Å². The molecule has 2 N–H and O–H groups in total. The Morgan fingerprint density at radius 2 is 2.15 bits per heavy atom. The summed E-state index contributed by atoms with van der Waals surface area (Å²) in [6.07, 6.45) is 5.83. The molecule has 2 aromatic rings. The van der Waals surface area contributed by atoms with Crippen LogP contribution in [0.15, 0.2) is 42.7 Å². The van der Waals surface area contributed by atoms with E-state index < -0.39 is 5.97 Å². The van der Waals surface area contributed by atoms with E-state index in [0.717, 1.165) is 24.9 Å². The zero-order chi connectivity index (χ0) is 13.9. The van der Waals surface area contributed by atoms with Gasteiger partial charge in [0.15, 0.2) is 0 Å². The summed E-state index contributed by atoms with van der Waals surface area (Å²) in [4.78, 5) is 10.9. The van der Waals surface area contributed by atoms with Gasteiger partial charge in [-0.15, -0.1) is 0 Å². The lowest BCUT2D eigenvalue weighted by atomic mass is 9.93. The molecule has 0 spiro atoms. The number of rotatable bonds is 3. The van der Waals surface area contributed by atoms with Gasteiger partial charge in [0.1, 0.15) is 0 Å². The lowest BCUT2D eigenvalue weighted by Gasteiger charge is -2.31. The Hall–Kier alpha value is -2.14. The molecular formula is C15H17N3O2. The van der Waals surface area contributed by atoms with Crippen LogP contribution >= 0.6 is 0 Å². The van der Waals surface area contributed by atoms with Crippen LogP contribution in [0.5, 0.6) is 0 Å². The van der Waals surface area contributed by atoms with Gasteiger partial charge in [-0.3, -0.25) is 4.68 Å². The van der Waals surface area contributed by atoms with Gasteiger partial charge in [0.25, 0.3) is 0 Å². The van der Waals surface area contributed by atoms with E-state index in [1.54, 1.807) is 18.3 Å². The fourth-order valence-electron chi connectivity index (χ4n) is 2.75. The van der Waals surface area contributed by atoms with Crippen LogP contribution in [-0.4, -0.2) is 27.4 Å². The molecule has 0 amide bonds. The Balaban J connectivity index is 1.75. The van der Waals surface area contributed by atoms with Crippen LogP contribution in [0.3, 0.4) is 0 Å². The Kier molecular flexibility index (Phi) is 3.52. The van der Waals surface area contributed by atoms with Crippen molar-refractivity contribution in [2.45, 2.75) is 24.9 Å². The molecule has 1 aliphatic rings. The van der Waals surface area contributed by atoms with E-state index in [4.69, 9.17) is 5.11 Å². The van der Waals surface area contributed by atoms with Crippen LogP contribution in [-0.2, 0) is 0 Å². The van der Waals surface area contributed by atoms with Crippen LogP contribution in [0.1, 0.15) is 40.8 Å². The van der Waals surface area contributed by atoms with Crippen molar-refractivity contribution >= 4 is 5.97 Å². The van der Waals surface area contributed by atoms with Crippen molar-refractivity contribution in [3.05, 3.63) is 53.9 Å². The number of nitrogens with zero attached hydrogens (tertiary/aromatic N) is 2. The fourth-order valence-corrected chi connectivity index (χ4v) is 2.75. The topological polar surface area (TPSA) is 67.1 Å². The largest absolute Gasteiger partial charge is 0.478 e. The van der Waals surface area contributed by atoms with Gasteiger partial charge < -0.3 is 10.4 Å². The van der Waals surface area contributed by atoms with E-state index in [9.17, 15) is 4.79 Å². The second kappa shape index (κ2) is 5.46. The molecule has 20 heavy (non-hydrogen) atoms. The summed E-state index contributed by atoms with van der Waals surface area (Å²) in [6.45, 7) is 0.940. The lowest BCUT2D eigenvalue weighted by Crippen LogP contribution is -2.33. The van der Waals surface area contributed by atoms with Gasteiger partial charge in [0, 0.05) is 18.4 Å². The summed E-state index contributed by atoms with van der Waals surface area (Å²) < 4.78 is 2.01. The van der Waals surface area contributed by atoms with Crippen molar-refractivity contribution in [2.75, 3.05) is 6.54 Å². The Bertz CT molecular complexity index is 578. The number of carbonyl (C=O) groups is 1. The first kappa shape index (κ1) is 12.9. The number of benzene rings is 1. The zero-order valence-corrected chi connectivity index (χ0v) is 11.1. The minimum absolute atomic E-state index is 0.251. The van der Waals surface area contributed by atoms with Gasteiger partial charge in [0.2, 0.25) is 0 Å². The number of aromatic nitrogens is 2. The molecule has 1 aromatic heterocycles. The zero-order valence-electron chi connectivity index (χ0n) is 11.1. The van der Waals surface area contributed by atoms with E-state index in [1.807, 2.05) is 29.1 Å². The fraction of sp³-hybridized carbons (Fsp3) is 0.333. The minimum Gasteiger partial charge on any atom is -0.478 e. The number of carboxylic acid groups (broad SMARTS) is 1. The van der Waals surface area contributed by atoms with Crippen molar-refractivity contribution in [3.8, 4) is 0 Å². The molecule has 1 fully saturated rings. The van der Waals surface area contributed by atoms with Gasteiger partial charge in [-0.2, -0.15) is 5.10 Å². The monoisotopic (exact) mass is 271 g/mol. The maximum atomic E-state index is 10.9. The molecule has 0 radical (unpaired) electrons. The Labute approximate surface area is 117 Å². The predicted octanol–water partition coefficient (Wildman–Crippen LogP) is 2.25. The summed E-state index contributed by atoms with van der Waals surface area (Å²) >= 11 is 0. The number of piperidine rings is 1. The number of aromatic carboxylic acids is 1. The molecule has 1 unspecified atom stereocenters. The quantitative estimate of drug-likeness (QED) is 0.898. The molecule has 3 rings (SSSR count). The summed E-state index contributed by atoms with van der Waals surface area (Å²) in [5, 5.41) is 16.7. The van der Waals surface area contributed by atoms with Crippen LogP contribution in [0.4, 0.5) is 0 Å². The SMILES string of the molecule is O=C(O)c1ccc([C@@H]2CC(n3cccn3)CCN2)cc1. The van der Waals surface area contributed by atoms with E-state index in [-0.39, 0.29) is 6.04 Å². The van der Waals surface area contributed by atoms with Crippen molar-refractivity contribution < 1.29 is 9.90 Å². The second-order valence-electron chi connectivity index (χ2n) is 5.10. The second-order valence-corrected chi connectivity index (χ2v) is 5.10. The van der Waals surface area contributed by atoms with E-state index in [2.05, 4.69) is 10.4 Å². The first-order chi connectivity index (χ1) is 9.74. The highest BCUT2D eigenvalue weighted by atomic mass is 16.4. The molecule has 2 atom stereocenters. The first-order valence-corrected chi connectivity index (χ1v) is 6.80. The maximum Gasteiger partial charge on any atom is 0.335 e. The summed E-state index contributed by atoms with van der Waals surface area (Å²) in [5.41, 5.74) is 1.46. The molecule has 1 aliphatic heterocycles. The first-order valence-electron chi connectivity index (χ1n) is 6.80. The Morgan fingerprint density at radius 1 is 1.35 bits per heavy atom. The predicted molar refractivity (Wildman–Crippen MR) is 74.6 cm³/mol. The molecule has 1 aromatic carbocycles. The third-order valence-corrected chi connectivity index (χ3v) is 3.84. The van der Waals surface area contributed by atoms with E-state index in [1.165, 1.54) is 0 Å². The molecule has 2 heterocycles. The van der Waals surface area contributed by atoms with Gasteiger partial charge in [0.05, 0.1) is 11.6 Å². The summed E-state index contributed by atoms with van der Waals surface area (Å²) in [5.74, 6) is -0.887. The summed E-state index contributed by atoms with van der Waals surface area (Å²) in [7, 11) is 0. The number of nitrogens with one attached hydrogen (secondary N) is 1. The van der Waals surface area contributed by atoms with Gasteiger partial charge in [-0.1, -0.05) is 12.1 Å². The van der Waals surface area contributed by atoms with E-state index in [0.29, 0.717) is 11.6 Å². The lowest BCUT2D eigenvalue weighted by molar-refractivity contribution is 0.0697. The molecule has 104 valence electrons. The normalized spacial score (nSPS) is 22.6. The number of hydrogen-bond donors (Lipinski definition) is 2. The third-order valence-electron chi connectivity index (χ3n) is 3.84. The highest BCUT2D eigenvalue weighted by Crippen LogP contribution is 2.30. The highest BCUT2D eigenvalue weighted by Gasteiger charge is 2.24. The molecule has 0 saturated carbocycles. The van der Waals surface area contributed by atoms with Gasteiger partial charge >= 0.3 is 5.97 Å². The molecule has 0 aliphatic carbocycles. The van der Waals surface area contributed by atoms with Gasteiger partial charge in [-0.05, 0) is 43.1 Å². The van der Waals surface area contributed by atoms with Crippen molar-refractivity contribution in [3.63, 3.8) is 0 Å². The van der Waals surface area contributed by atoms with Crippen LogP contribution in [0.25, 0.3) is 0 Å². The highest BCUT2D eigenvalue weighted by molar-refractivity contribution is 5.87. The standard InChI is InChI=1S/C15H17N3O2/c19-15(20)12-4-2-11(3-5-12)14-10-13(6-8-16-14)18-9-1-7-17-18/h1-5,7,9,13-14,16H,6,8,10H2,(H,19,20)/t13?,14-/m0/s1. The molecule has 1 saturated heterocycles. The smallest absolute Gasteiger partial charge is 0.335 e. The minimum atomic E-state index is -0.887. The average Bonchev–Trinajstić information content (AvgIpc) is 3.02. The van der Waals surface area contributed by atoms with Crippen LogP contribution < -0.4 is 5.32 Å². The number of hydrogen-bond acceptors (Lipinski definition) is 3. The van der Waals surface area contributed by atoms with Crippen molar-refractivity contribution in [2.24, 2.45) is 0 Å². The number of carboxylic acids is 1. The van der Waals surface area contributed by atoms with Gasteiger partial charge in [-0.25, -0.2) is 4.79 Å². The van der Waals surface area contributed by atoms with Crippen molar-refractivity contribution in [1.29, 1.82) is 0 Å². The molecule has 5 nitrogen and oxygen atoms in total. The molecular weight excluding hydrogens is 254 g/mol. The third kappa shape index (κ3) is 2.58. The average molecular weight is 271 g/mol.